The number of ether oxygens (including phenoxy) is 2. The van der Waals surface area contributed by atoms with Gasteiger partial charge < -0.3 is 14.8 Å². The lowest BCUT2D eigenvalue weighted by molar-refractivity contribution is -0.118. The molecular weight excluding hydrogens is 366 g/mol. The average Bonchev–Trinajstić information content (AvgIpc) is 3.27. The Morgan fingerprint density at radius 3 is 3.07 bits per heavy atom. The lowest BCUT2D eigenvalue weighted by atomic mass is 10.1. The second-order valence-electron chi connectivity index (χ2n) is 6.84. The van der Waals surface area contributed by atoms with Gasteiger partial charge in [-0.05, 0) is 49.2 Å². The molecule has 1 aliphatic carbocycles. The molecule has 1 N–H and O–H groups in total. The van der Waals surface area contributed by atoms with Gasteiger partial charge in [0.25, 0.3) is 0 Å². The van der Waals surface area contributed by atoms with Crippen molar-refractivity contribution in [3.05, 3.63) is 23.3 Å². The molecule has 1 unspecified atom stereocenters. The third-order valence-electron chi connectivity index (χ3n) is 4.54. The van der Waals surface area contributed by atoms with Crippen LogP contribution in [0, 0.1) is 0 Å². The van der Waals surface area contributed by atoms with Gasteiger partial charge in [-0.3, -0.25) is 4.79 Å². The molecule has 144 valence electrons. The van der Waals surface area contributed by atoms with Crippen LogP contribution in [-0.4, -0.2) is 44.6 Å². The van der Waals surface area contributed by atoms with Gasteiger partial charge in [0.2, 0.25) is 11.1 Å². The van der Waals surface area contributed by atoms with Crippen LogP contribution in [0.3, 0.4) is 0 Å². The molecule has 2 aromatic rings. The topological polar surface area (TPSA) is 91.2 Å². The first-order valence-corrected chi connectivity index (χ1v) is 10.2. The van der Waals surface area contributed by atoms with Crippen molar-refractivity contribution in [3.8, 4) is 11.5 Å². The van der Waals surface area contributed by atoms with Crippen molar-refractivity contribution in [2.75, 3.05) is 12.4 Å². The Labute approximate surface area is 162 Å². The fraction of sp³-hybridized carbons (Fsp3) is 0.556. The summed E-state index contributed by atoms with van der Waals surface area (Å²) in [5.41, 5.74) is 2.08. The number of carbonyl (C=O) groups is 1. The highest BCUT2D eigenvalue weighted by Crippen LogP contribution is 2.36. The molecule has 1 aromatic heterocycles. The molecule has 4 rings (SSSR count). The first kappa shape index (κ1) is 18.1. The van der Waals surface area contributed by atoms with Gasteiger partial charge in [0.05, 0.1) is 18.4 Å². The van der Waals surface area contributed by atoms with E-state index in [9.17, 15) is 4.79 Å². The van der Waals surface area contributed by atoms with Gasteiger partial charge in [0.15, 0.2) is 0 Å². The molecule has 0 radical (unpaired) electrons. The van der Waals surface area contributed by atoms with Gasteiger partial charge in [-0.25, -0.2) is 4.68 Å². The lowest BCUT2D eigenvalue weighted by Gasteiger charge is -2.13. The zero-order chi connectivity index (χ0) is 18.8. The summed E-state index contributed by atoms with van der Waals surface area (Å²) < 4.78 is 13.4. The predicted molar refractivity (Wildman–Crippen MR) is 100 cm³/mol. The van der Waals surface area contributed by atoms with Crippen LogP contribution in [-0.2, 0) is 17.8 Å². The van der Waals surface area contributed by atoms with E-state index in [1.54, 1.807) is 0 Å². The molecule has 1 atom stereocenters. The van der Waals surface area contributed by atoms with Crippen molar-refractivity contribution in [2.45, 2.75) is 57.0 Å². The van der Waals surface area contributed by atoms with E-state index in [1.807, 2.05) is 30.7 Å². The molecule has 0 bridgehead atoms. The molecule has 27 heavy (non-hydrogen) atoms. The van der Waals surface area contributed by atoms with E-state index in [1.165, 1.54) is 11.8 Å². The van der Waals surface area contributed by atoms with Crippen LogP contribution in [0.15, 0.2) is 17.3 Å². The van der Waals surface area contributed by atoms with Crippen LogP contribution in [0.4, 0.5) is 0 Å². The van der Waals surface area contributed by atoms with E-state index in [-0.39, 0.29) is 17.8 Å². The average molecular weight is 389 g/mol. The van der Waals surface area contributed by atoms with E-state index in [4.69, 9.17) is 9.47 Å². The van der Waals surface area contributed by atoms with Gasteiger partial charge in [0, 0.05) is 24.1 Å². The number of amides is 1. The highest BCUT2D eigenvalue weighted by molar-refractivity contribution is 7.99. The summed E-state index contributed by atoms with van der Waals surface area (Å²) in [7, 11) is 0. The van der Waals surface area contributed by atoms with Crippen molar-refractivity contribution in [2.24, 2.45) is 0 Å². The van der Waals surface area contributed by atoms with E-state index >= 15 is 0 Å². The van der Waals surface area contributed by atoms with Gasteiger partial charge in [-0.2, -0.15) is 0 Å². The summed E-state index contributed by atoms with van der Waals surface area (Å²) in [5.74, 6) is 1.89. The van der Waals surface area contributed by atoms with E-state index in [0.29, 0.717) is 24.3 Å². The minimum absolute atomic E-state index is 0.0671. The Morgan fingerprint density at radius 1 is 1.44 bits per heavy atom. The van der Waals surface area contributed by atoms with Crippen molar-refractivity contribution in [1.29, 1.82) is 0 Å². The van der Waals surface area contributed by atoms with Crippen molar-refractivity contribution in [1.82, 2.24) is 25.5 Å². The number of rotatable bonds is 8. The third-order valence-corrected chi connectivity index (χ3v) is 5.48. The van der Waals surface area contributed by atoms with Crippen LogP contribution in [0.25, 0.3) is 0 Å². The largest absolute Gasteiger partial charge is 0.494 e. The summed E-state index contributed by atoms with van der Waals surface area (Å²) in [5, 5.41) is 15.4. The quantitative estimate of drug-likeness (QED) is 0.692. The molecule has 1 saturated carbocycles. The first-order valence-electron chi connectivity index (χ1n) is 9.26. The second kappa shape index (κ2) is 7.75. The van der Waals surface area contributed by atoms with Crippen molar-refractivity contribution in [3.63, 3.8) is 0 Å². The number of tetrazole rings is 1. The minimum atomic E-state index is -0.0671. The van der Waals surface area contributed by atoms with Crippen LogP contribution in [0.5, 0.6) is 11.5 Å². The summed E-state index contributed by atoms with van der Waals surface area (Å²) in [6, 6.07) is 4.40. The summed E-state index contributed by atoms with van der Waals surface area (Å²) in [4.78, 5) is 12.3. The SMILES string of the molecule is CCOc1cc2c(cc1CNC(=O)CSc1nnnn1C1CC1)OC(C)C2. The second-order valence-corrected chi connectivity index (χ2v) is 7.78. The Kier molecular flexibility index (Phi) is 5.20. The molecule has 2 heterocycles. The maximum atomic E-state index is 12.3. The molecule has 1 aromatic carbocycles. The van der Waals surface area contributed by atoms with Crippen LogP contribution < -0.4 is 14.8 Å². The number of hydrogen-bond donors (Lipinski definition) is 1. The molecular formula is C18H23N5O3S. The van der Waals surface area contributed by atoms with E-state index < -0.39 is 0 Å². The fourth-order valence-corrected chi connectivity index (χ4v) is 3.89. The highest BCUT2D eigenvalue weighted by Gasteiger charge is 2.28. The number of carbonyl (C=O) groups excluding carboxylic acids is 1. The van der Waals surface area contributed by atoms with Gasteiger partial charge in [-0.15, -0.1) is 5.10 Å². The molecule has 1 fully saturated rings. The lowest BCUT2D eigenvalue weighted by Crippen LogP contribution is -2.25. The summed E-state index contributed by atoms with van der Waals surface area (Å²) in [6.45, 7) is 4.98. The Morgan fingerprint density at radius 2 is 2.30 bits per heavy atom. The standard InChI is InChI=1S/C18H23N5O3S/c1-3-25-15-7-12-6-11(2)26-16(12)8-13(15)9-19-17(24)10-27-18-20-21-22-23(18)14-4-5-14/h7-8,11,14H,3-6,9-10H2,1-2H3,(H,19,24). The van der Waals surface area contributed by atoms with Crippen molar-refractivity contribution < 1.29 is 14.3 Å². The van der Waals surface area contributed by atoms with E-state index in [2.05, 4.69) is 20.8 Å². The highest BCUT2D eigenvalue weighted by atomic mass is 32.2. The van der Waals surface area contributed by atoms with Crippen LogP contribution in [0.2, 0.25) is 0 Å². The predicted octanol–water partition coefficient (Wildman–Crippen LogP) is 2.14. The Balaban J connectivity index is 1.35. The molecule has 0 saturated heterocycles. The normalized spacial score (nSPS) is 18.1. The molecule has 2 aliphatic rings. The zero-order valence-corrected chi connectivity index (χ0v) is 16.3. The smallest absolute Gasteiger partial charge is 0.230 e. The number of hydrogen-bond acceptors (Lipinski definition) is 7. The fourth-order valence-electron chi connectivity index (χ4n) is 3.11. The van der Waals surface area contributed by atoms with Gasteiger partial charge in [0.1, 0.15) is 17.6 Å². The van der Waals surface area contributed by atoms with Crippen molar-refractivity contribution >= 4 is 17.7 Å². The third kappa shape index (κ3) is 4.18. The van der Waals surface area contributed by atoms with Gasteiger partial charge in [-0.1, -0.05) is 11.8 Å². The number of nitrogens with zero attached hydrogens (tertiary/aromatic N) is 4. The summed E-state index contributed by atoms with van der Waals surface area (Å²) in [6.07, 6.45) is 3.26. The molecule has 0 spiro atoms. The maximum Gasteiger partial charge on any atom is 0.230 e. The zero-order valence-electron chi connectivity index (χ0n) is 15.5. The van der Waals surface area contributed by atoms with Crippen LogP contribution in [0.1, 0.15) is 43.9 Å². The van der Waals surface area contributed by atoms with Gasteiger partial charge >= 0.3 is 0 Å². The first-order chi connectivity index (χ1) is 13.1. The molecule has 1 aliphatic heterocycles. The molecule has 8 nitrogen and oxygen atoms in total. The molecule has 9 heteroatoms. The number of benzene rings is 1. The van der Waals surface area contributed by atoms with E-state index in [0.717, 1.165) is 41.9 Å². The number of nitrogens with one attached hydrogen (secondary N) is 1. The number of fused-ring (bicyclic) bond motifs is 1. The summed E-state index contributed by atoms with van der Waals surface area (Å²) >= 11 is 1.36. The minimum Gasteiger partial charge on any atom is -0.494 e. The Bertz CT molecular complexity index is 836. The maximum absolute atomic E-state index is 12.3. The van der Waals surface area contributed by atoms with Crippen LogP contribution >= 0.6 is 11.8 Å². The Hall–Kier alpha value is -2.29. The monoisotopic (exact) mass is 389 g/mol. The number of thioether (sulfide) groups is 1. The molecule has 1 amide bonds. The number of aromatic nitrogens is 4.